The number of hydrogen-bond donors (Lipinski definition) is 2. The van der Waals surface area contributed by atoms with E-state index in [0.29, 0.717) is 12.0 Å². The molecule has 0 bridgehead atoms. The minimum atomic E-state index is -0.124. The standard InChI is InChI=1S/C13H24N2O2/c1-9-3-4-11(7-14-9)13(17)15(2)8-10-5-12(16)6-10/h9-12,14,16H,3-8H2,1-2H3. The van der Waals surface area contributed by atoms with Crippen LogP contribution in [0.25, 0.3) is 0 Å². The lowest BCUT2D eigenvalue weighted by atomic mass is 9.82. The highest BCUT2D eigenvalue weighted by molar-refractivity contribution is 5.79. The fourth-order valence-electron chi connectivity index (χ4n) is 2.85. The molecule has 1 saturated heterocycles. The first kappa shape index (κ1) is 12.8. The van der Waals surface area contributed by atoms with Gasteiger partial charge >= 0.3 is 0 Å². The second kappa shape index (κ2) is 5.36. The number of nitrogens with one attached hydrogen (secondary N) is 1. The van der Waals surface area contributed by atoms with Crippen molar-refractivity contribution < 1.29 is 9.90 Å². The summed E-state index contributed by atoms with van der Waals surface area (Å²) in [6.07, 6.45) is 3.69. The zero-order valence-corrected chi connectivity index (χ0v) is 10.9. The Morgan fingerprint density at radius 1 is 1.41 bits per heavy atom. The Bertz CT molecular complexity index is 269. The molecule has 0 aromatic rings. The van der Waals surface area contributed by atoms with Crippen molar-refractivity contribution in [3.8, 4) is 0 Å². The lowest BCUT2D eigenvalue weighted by Crippen LogP contribution is -2.47. The maximum atomic E-state index is 12.2. The van der Waals surface area contributed by atoms with Crippen molar-refractivity contribution in [1.29, 1.82) is 0 Å². The van der Waals surface area contributed by atoms with Crippen LogP contribution in [0.15, 0.2) is 0 Å². The average molecular weight is 240 g/mol. The number of nitrogens with zero attached hydrogens (tertiary/aromatic N) is 1. The molecule has 1 heterocycles. The number of aliphatic hydroxyl groups is 1. The Labute approximate surface area is 103 Å². The van der Waals surface area contributed by atoms with Crippen LogP contribution in [0, 0.1) is 11.8 Å². The van der Waals surface area contributed by atoms with Crippen LogP contribution in [-0.4, -0.2) is 48.2 Å². The number of aliphatic hydroxyl groups excluding tert-OH is 1. The van der Waals surface area contributed by atoms with Crippen LogP contribution < -0.4 is 5.32 Å². The highest BCUT2D eigenvalue weighted by Crippen LogP contribution is 2.28. The van der Waals surface area contributed by atoms with Gasteiger partial charge in [0.05, 0.1) is 12.0 Å². The molecule has 1 amide bonds. The van der Waals surface area contributed by atoms with Crippen molar-refractivity contribution in [3.63, 3.8) is 0 Å². The van der Waals surface area contributed by atoms with Gasteiger partial charge in [0.25, 0.3) is 0 Å². The van der Waals surface area contributed by atoms with E-state index in [9.17, 15) is 9.90 Å². The van der Waals surface area contributed by atoms with E-state index in [1.165, 1.54) is 0 Å². The molecule has 2 unspecified atom stereocenters. The Morgan fingerprint density at radius 2 is 2.12 bits per heavy atom. The first-order valence-electron chi connectivity index (χ1n) is 6.72. The largest absolute Gasteiger partial charge is 0.393 e. The molecule has 98 valence electrons. The number of amides is 1. The van der Waals surface area contributed by atoms with Crippen molar-refractivity contribution in [2.24, 2.45) is 11.8 Å². The third-order valence-corrected chi connectivity index (χ3v) is 4.13. The van der Waals surface area contributed by atoms with E-state index in [1.54, 1.807) is 0 Å². The zero-order chi connectivity index (χ0) is 12.4. The normalized spacial score (nSPS) is 37.4. The van der Waals surface area contributed by atoms with Gasteiger partial charge in [-0.3, -0.25) is 4.79 Å². The summed E-state index contributed by atoms with van der Waals surface area (Å²) < 4.78 is 0. The molecule has 4 heteroatoms. The molecule has 1 aliphatic heterocycles. The number of hydrogen-bond acceptors (Lipinski definition) is 3. The van der Waals surface area contributed by atoms with Gasteiger partial charge < -0.3 is 15.3 Å². The fourth-order valence-corrected chi connectivity index (χ4v) is 2.85. The second-order valence-electron chi connectivity index (χ2n) is 5.79. The van der Waals surface area contributed by atoms with E-state index in [1.807, 2.05) is 11.9 Å². The fraction of sp³-hybridized carbons (Fsp3) is 0.923. The van der Waals surface area contributed by atoms with Gasteiger partial charge in [-0.25, -0.2) is 0 Å². The summed E-state index contributed by atoms with van der Waals surface area (Å²) in [7, 11) is 1.89. The monoisotopic (exact) mass is 240 g/mol. The molecule has 4 nitrogen and oxygen atoms in total. The molecule has 0 aromatic heterocycles. The van der Waals surface area contributed by atoms with Gasteiger partial charge in [-0.1, -0.05) is 0 Å². The minimum Gasteiger partial charge on any atom is -0.393 e. The zero-order valence-electron chi connectivity index (χ0n) is 10.9. The summed E-state index contributed by atoms with van der Waals surface area (Å²) in [5.74, 6) is 0.932. The van der Waals surface area contributed by atoms with Crippen molar-refractivity contribution >= 4 is 5.91 Å². The molecule has 1 saturated carbocycles. The van der Waals surface area contributed by atoms with Crippen molar-refractivity contribution in [2.75, 3.05) is 20.1 Å². The van der Waals surface area contributed by atoms with Crippen LogP contribution in [0.2, 0.25) is 0 Å². The highest BCUT2D eigenvalue weighted by atomic mass is 16.3. The van der Waals surface area contributed by atoms with Gasteiger partial charge in [0.1, 0.15) is 0 Å². The van der Waals surface area contributed by atoms with Crippen LogP contribution in [-0.2, 0) is 4.79 Å². The maximum absolute atomic E-state index is 12.2. The summed E-state index contributed by atoms with van der Waals surface area (Å²) in [4.78, 5) is 14.0. The summed E-state index contributed by atoms with van der Waals surface area (Å²) in [5.41, 5.74) is 0. The Morgan fingerprint density at radius 3 is 2.65 bits per heavy atom. The molecular weight excluding hydrogens is 216 g/mol. The molecule has 2 fully saturated rings. The quantitative estimate of drug-likeness (QED) is 0.760. The SMILES string of the molecule is CC1CCC(C(=O)N(C)CC2CC(O)C2)CN1. The number of piperidine rings is 1. The third-order valence-electron chi connectivity index (χ3n) is 4.13. The number of rotatable bonds is 3. The van der Waals surface area contributed by atoms with Crippen LogP contribution in [0.3, 0.4) is 0 Å². The van der Waals surface area contributed by atoms with Crippen molar-refractivity contribution in [2.45, 2.75) is 44.8 Å². The molecule has 2 atom stereocenters. The van der Waals surface area contributed by atoms with Gasteiger partial charge in [0.2, 0.25) is 5.91 Å². The summed E-state index contributed by atoms with van der Waals surface area (Å²) >= 11 is 0. The molecule has 0 radical (unpaired) electrons. The van der Waals surface area contributed by atoms with Crippen LogP contribution >= 0.6 is 0 Å². The van der Waals surface area contributed by atoms with Gasteiger partial charge in [-0.15, -0.1) is 0 Å². The predicted octanol–water partition coefficient (Wildman–Crippen LogP) is 0.604. The Hall–Kier alpha value is -0.610. The van der Waals surface area contributed by atoms with E-state index in [2.05, 4.69) is 12.2 Å². The van der Waals surface area contributed by atoms with Crippen molar-refractivity contribution in [1.82, 2.24) is 10.2 Å². The van der Waals surface area contributed by atoms with E-state index >= 15 is 0 Å². The Balaban J connectivity index is 1.74. The van der Waals surface area contributed by atoms with Gasteiger partial charge in [0.15, 0.2) is 0 Å². The average Bonchev–Trinajstić information content (AvgIpc) is 2.27. The molecule has 2 N–H and O–H groups in total. The smallest absolute Gasteiger partial charge is 0.226 e. The summed E-state index contributed by atoms with van der Waals surface area (Å²) in [6, 6.07) is 0.547. The molecule has 17 heavy (non-hydrogen) atoms. The van der Waals surface area contributed by atoms with Gasteiger partial charge in [-0.05, 0) is 38.5 Å². The minimum absolute atomic E-state index is 0.124. The predicted molar refractivity (Wildman–Crippen MR) is 66.6 cm³/mol. The van der Waals surface area contributed by atoms with E-state index in [-0.39, 0.29) is 17.9 Å². The lowest BCUT2D eigenvalue weighted by molar-refractivity contribution is -0.136. The maximum Gasteiger partial charge on any atom is 0.226 e. The summed E-state index contributed by atoms with van der Waals surface area (Å²) in [6.45, 7) is 3.79. The molecule has 2 aliphatic rings. The molecule has 0 aromatic carbocycles. The van der Waals surface area contributed by atoms with Crippen LogP contribution in [0.4, 0.5) is 0 Å². The lowest BCUT2D eigenvalue weighted by Gasteiger charge is -2.36. The van der Waals surface area contributed by atoms with Gasteiger partial charge in [-0.2, -0.15) is 0 Å². The first-order chi connectivity index (χ1) is 8.06. The van der Waals surface area contributed by atoms with Crippen LogP contribution in [0.5, 0.6) is 0 Å². The van der Waals surface area contributed by atoms with E-state index < -0.39 is 0 Å². The third kappa shape index (κ3) is 3.19. The van der Waals surface area contributed by atoms with Gasteiger partial charge in [0, 0.05) is 26.2 Å². The first-order valence-corrected chi connectivity index (χ1v) is 6.72. The molecule has 2 rings (SSSR count). The summed E-state index contributed by atoms with van der Waals surface area (Å²) in [5, 5.41) is 12.6. The highest BCUT2D eigenvalue weighted by Gasteiger charge is 2.31. The van der Waals surface area contributed by atoms with E-state index in [0.717, 1.165) is 38.8 Å². The van der Waals surface area contributed by atoms with Crippen molar-refractivity contribution in [3.05, 3.63) is 0 Å². The van der Waals surface area contributed by atoms with Crippen LogP contribution in [0.1, 0.15) is 32.6 Å². The molecule has 0 spiro atoms. The number of carbonyl (C=O) groups is 1. The number of carbonyl (C=O) groups excluding carboxylic acids is 1. The van der Waals surface area contributed by atoms with E-state index in [4.69, 9.17) is 0 Å². The molecule has 1 aliphatic carbocycles. The Kier molecular flexibility index (Phi) is 4.05. The molecular formula is C13H24N2O2. The topological polar surface area (TPSA) is 52.6 Å². The second-order valence-corrected chi connectivity index (χ2v) is 5.79.